The van der Waals surface area contributed by atoms with E-state index in [4.69, 9.17) is 4.74 Å². The maximum absolute atomic E-state index is 11.2. The maximum Gasteiger partial charge on any atom is 0.133 e. The third kappa shape index (κ3) is 4.37. The van der Waals surface area contributed by atoms with Gasteiger partial charge in [-0.25, -0.2) is 4.79 Å². The highest BCUT2D eigenvalue weighted by molar-refractivity contribution is 5.62. The van der Waals surface area contributed by atoms with Gasteiger partial charge in [-0.15, -0.1) is 0 Å². The standard InChI is InChI=1S/C20H29NO2/c1-15-11-20(2,14-21-12-15)8-3-9-23-19-7-6-17(16-4-5-16)10-18(19)13-22/h6-7,15-16,21H,3-5,8-12,14H2,1-2H3/t15-,20-/m0/s1. The number of piperidine rings is 1. The fourth-order valence-corrected chi connectivity index (χ4v) is 4.07. The summed E-state index contributed by atoms with van der Waals surface area (Å²) in [5.74, 6) is 4.29. The van der Waals surface area contributed by atoms with E-state index in [0.29, 0.717) is 23.5 Å². The predicted octanol–water partition coefficient (Wildman–Crippen LogP) is 3.80. The normalized spacial score (nSPS) is 31.2. The van der Waals surface area contributed by atoms with E-state index in [0.717, 1.165) is 37.6 Å². The second-order valence-electron chi connectivity index (χ2n) is 8.01. The molecule has 3 heteroatoms. The molecule has 0 aromatic heterocycles. The Bertz CT molecular complexity index is 552. The Morgan fingerprint density at radius 3 is 2.91 bits per heavy atom. The minimum Gasteiger partial charge on any atom is -0.493 e. The number of rotatable bonds is 6. The van der Waals surface area contributed by atoms with Crippen molar-refractivity contribution in [3.05, 3.63) is 29.1 Å². The molecule has 23 heavy (non-hydrogen) atoms. The van der Waals surface area contributed by atoms with Crippen molar-refractivity contribution in [1.29, 1.82) is 0 Å². The van der Waals surface area contributed by atoms with Crippen LogP contribution in [0.4, 0.5) is 0 Å². The van der Waals surface area contributed by atoms with Crippen molar-refractivity contribution in [3.63, 3.8) is 0 Å². The molecular formula is C20H29NO2. The average Bonchev–Trinajstić information content (AvgIpc) is 3.36. The lowest BCUT2D eigenvalue weighted by Gasteiger charge is -2.37. The number of ether oxygens (including phenoxy) is 1. The van der Waals surface area contributed by atoms with E-state index in [9.17, 15) is 4.79 Å². The van der Waals surface area contributed by atoms with Crippen molar-refractivity contribution < 1.29 is 9.53 Å². The first-order valence-corrected chi connectivity index (χ1v) is 9.08. The Morgan fingerprint density at radius 1 is 1.39 bits per heavy atom. The second-order valence-corrected chi connectivity index (χ2v) is 8.01. The summed E-state index contributed by atoms with van der Waals surface area (Å²) in [6.07, 6.45) is 10.9. The Morgan fingerprint density at radius 2 is 2.22 bits per heavy atom. The van der Waals surface area contributed by atoms with E-state index in [1.165, 1.54) is 31.3 Å². The van der Waals surface area contributed by atoms with Crippen LogP contribution in [0.3, 0.4) is 0 Å². The summed E-state index contributed by atoms with van der Waals surface area (Å²) < 4.78 is 5.89. The van der Waals surface area contributed by atoms with Crippen molar-refractivity contribution in [3.8, 4) is 0 Å². The smallest absolute Gasteiger partial charge is 0.133 e. The predicted molar refractivity (Wildman–Crippen MR) is 92.7 cm³/mol. The molecule has 1 heterocycles. The van der Waals surface area contributed by atoms with Crippen LogP contribution in [0.1, 0.15) is 52.4 Å². The van der Waals surface area contributed by atoms with Crippen LogP contribution < -0.4 is 5.32 Å². The van der Waals surface area contributed by atoms with Crippen LogP contribution in [0, 0.1) is 17.3 Å². The van der Waals surface area contributed by atoms with Gasteiger partial charge in [0.15, 0.2) is 0 Å². The van der Waals surface area contributed by atoms with Crippen molar-refractivity contribution in [2.45, 2.75) is 52.4 Å². The van der Waals surface area contributed by atoms with Crippen LogP contribution in [-0.4, -0.2) is 25.6 Å². The zero-order valence-corrected chi connectivity index (χ0v) is 14.5. The molecule has 1 saturated heterocycles. The molecule has 0 spiro atoms. The number of nitrogens with one attached hydrogen (secondary N) is 1. The van der Waals surface area contributed by atoms with Gasteiger partial charge in [-0.1, -0.05) is 25.5 Å². The molecule has 0 unspecified atom stereocenters. The Kier molecular flexibility index (Phi) is 5.08. The summed E-state index contributed by atoms with van der Waals surface area (Å²) in [6.45, 7) is 7.62. The third-order valence-corrected chi connectivity index (χ3v) is 5.42. The number of hydrogen-bond donors (Lipinski definition) is 1. The first-order valence-electron chi connectivity index (χ1n) is 9.08. The van der Waals surface area contributed by atoms with Crippen LogP contribution in [-0.2, 0) is 9.53 Å². The van der Waals surface area contributed by atoms with Gasteiger partial charge >= 0.3 is 0 Å². The lowest BCUT2D eigenvalue weighted by atomic mass is 9.75. The Labute approximate surface area is 139 Å². The van der Waals surface area contributed by atoms with Crippen molar-refractivity contribution >= 4 is 5.94 Å². The van der Waals surface area contributed by atoms with Gasteiger partial charge in [-0.2, -0.15) is 0 Å². The highest BCUT2D eigenvalue weighted by atomic mass is 16.5. The lowest BCUT2D eigenvalue weighted by Crippen LogP contribution is -2.42. The van der Waals surface area contributed by atoms with Gasteiger partial charge in [-0.3, -0.25) is 0 Å². The van der Waals surface area contributed by atoms with Crippen LogP contribution in [0.2, 0.25) is 0 Å². The minimum absolute atomic E-state index is 0.379. The van der Waals surface area contributed by atoms with Crippen molar-refractivity contribution in [2.75, 3.05) is 19.7 Å². The van der Waals surface area contributed by atoms with E-state index in [2.05, 4.69) is 31.2 Å². The van der Waals surface area contributed by atoms with E-state index in [-0.39, 0.29) is 0 Å². The quantitative estimate of drug-likeness (QED) is 0.598. The van der Waals surface area contributed by atoms with Gasteiger partial charge in [0.1, 0.15) is 11.7 Å². The van der Waals surface area contributed by atoms with Gasteiger partial charge in [0, 0.05) is 13.0 Å². The zero-order chi connectivity index (χ0) is 16.3. The van der Waals surface area contributed by atoms with Crippen LogP contribution in [0.5, 0.6) is 0 Å². The molecule has 0 aromatic rings. The van der Waals surface area contributed by atoms with Crippen LogP contribution in [0.25, 0.3) is 0 Å². The maximum atomic E-state index is 11.2. The largest absolute Gasteiger partial charge is 0.493 e. The molecule has 0 bridgehead atoms. The SMILES string of the molecule is C[C@@H]1CNC[C@@](C)(CCCOC2=CC=C(C3CC3)CC2=C=O)C1. The molecule has 3 aliphatic rings. The lowest BCUT2D eigenvalue weighted by molar-refractivity contribution is 0.143. The molecule has 3 rings (SSSR count). The molecular weight excluding hydrogens is 286 g/mol. The van der Waals surface area contributed by atoms with Gasteiger partial charge in [0.05, 0.1) is 12.2 Å². The van der Waals surface area contributed by atoms with Crippen molar-refractivity contribution in [2.24, 2.45) is 17.3 Å². The van der Waals surface area contributed by atoms with Gasteiger partial charge in [-0.05, 0) is 62.0 Å². The molecule has 1 aliphatic heterocycles. The summed E-state index contributed by atoms with van der Waals surface area (Å²) in [4.78, 5) is 11.2. The summed E-state index contributed by atoms with van der Waals surface area (Å²) in [6, 6.07) is 0. The van der Waals surface area contributed by atoms with E-state index in [1.54, 1.807) is 0 Å². The minimum atomic E-state index is 0.379. The Hall–Kier alpha value is -1.31. The number of allylic oxidation sites excluding steroid dienone is 4. The molecule has 1 N–H and O–H groups in total. The Balaban J connectivity index is 1.47. The molecule has 2 fully saturated rings. The van der Waals surface area contributed by atoms with Crippen LogP contribution in [0.15, 0.2) is 29.1 Å². The molecule has 0 radical (unpaired) electrons. The van der Waals surface area contributed by atoms with Gasteiger partial charge in [0.2, 0.25) is 0 Å². The molecule has 126 valence electrons. The monoisotopic (exact) mass is 315 g/mol. The highest BCUT2D eigenvalue weighted by Gasteiger charge is 2.30. The molecule has 0 aromatic carbocycles. The summed E-state index contributed by atoms with van der Waals surface area (Å²) in [5.41, 5.74) is 2.46. The molecule has 3 nitrogen and oxygen atoms in total. The fraction of sp³-hybridized carbons (Fsp3) is 0.700. The van der Waals surface area contributed by atoms with Gasteiger partial charge < -0.3 is 10.1 Å². The van der Waals surface area contributed by atoms with Crippen molar-refractivity contribution in [1.82, 2.24) is 5.32 Å². The fourth-order valence-electron chi connectivity index (χ4n) is 4.07. The molecule has 1 saturated carbocycles. The number of hydrogen-bond acceptors (Lipinski definition) is 3. The first kappa shape index (κ1) is 16.5. The zero-order valence-electron chi connectivity index (χ0n) is 14.5. The van der Waals surface area contributed by atoms with E-state index >= 15 is 0 Å². The second kappa shape index (κ2) is 7.07. The molecule has 2 atom stereocenters. The third-order valence-electron chi connectivity index (χ3n) is 5.42. The van der Waals surface area contributed by atoms with Gasteiger partial charge in [0.25, 0.3) is 0 Å². The summed E-state index contributed by atoms with van der Waals surface area (Å²) >= 11 is 0. The summed E-state index contributed by atoms with van der Waals surface area (Å²) in [5, 5.41) is 3.54. The first-order chi connectivity index (χ1) is 11.1. The van der Waals surface area contributed by atoms with Crippen LogP contribution >= 0.6 is 0 Å². The topological polar surface area (TPSA) is 38.3 Å². The summed E-state index contributed by atoms with van der Waals surface area (Å²) in [7, 11) is 0. The highest BCUT2D eigenvalue weighted by Crippen LogP contribution is 2.41. The molecule has 2 aliphatic carbocycles. The number of carbonyl (C=O) groups excluding carboxylic acids is 1. The average molecular weight is 315 g/mol. The molecule has 0 amide bonds. The van der Waals surface area contributed by atoms with E-state index < -0.39 is 0 Å². The van der Waals surface area contributed by atoms with E-state index in [1.807, 2.05) is 6.08 Å².